The minimum Gasteiger partial charge on any atom is -0.486 e. The fourth-order valence-corrected chi connectivity index (χ4v) is 2.67. The van der Waals surface area contributed by atoms with Gasteiger partial charge in [0.15, 0.2) is 5.76 Å². The molecule has 0 bridgehead atoms. The van der Waals surface area contributed by atoms with Gasteiger partial charge in [-0.1, -0.05) is 17.7 Å². The Morgan fingerprint density at radius 1 is 1.24 bits per heavy atom. The summed E-state index contributed by atoms with van der Waals surface area (Å²) >= 11 is 0. The Bertz CT molecular complexity index is 736. The number of nitrogens with one attached hydrogen (secondary N) is 2. The number of hydrogen-bond donors (Lipinski definition) is 2. The minimum absolute atomic E-state index is 0.139. The molecular weight excluding hydrogens is 320 g/mol. The standard InChI is InChI=1S/C19H22N2O4/c1-13-5-7-14(8-6-13)24-12-15-9-10-17(25-15)19(23)21-16-4-2-3-11-20-18(16)22/h5-10,16H,2-4,11-12H2,1H3,(H,20,22)(H,21,23)/t16-/m1/s1. The summed E-state index contributed by atoms with van der Waals surface area (Å²) in [5, 5.41) is 5.53. The molecule has 2 aromatic rings. The number of hydrogen-bond acceptors (Lipinski definition) is 4. The number of benzene rings is 1. The molecule has 3 rings (SSSR count). The van der Waals surface area contributed by atoms with Crippen molar-refractivity contribution in [2.45, 2.75) is 38.8 Å². The average molecular weight is 342 g/mol. The molecule has 1 aromatic heterocycles. The predicted molar refractivity (Wildman–Crippen MR) is 92.3 cm³/mol. The molecule has 132 valence electrons. The van der Waals surface area contributed by atoms with Gasteiger partial charge in [-0.25, -0.2) is 0 Å². The maximum absolute atomic E-state index is 12.3. The first-order chi connectivity index (χ1) is 12.1. The Hall–Kier alpha value is -2.76. The maximum atomic E-state index is 12.3. The van der Waals surface area contributed by atoms with Crippen molar-refractivity contribution < 1.29 is 18.7 Å². The first kappa shape index (κ1) is 17.1. The van der Waals surface area contributed by atoms with Crippen LogP contribution in [0.15, 0.2) is 40.8 Å². The number of carbonyl (C=O) groups excluding carboxylic acids is 2. The summed E-state index contributed by atoms with van der Waals surface area (Å²) in [7, 11) is 0. The van der Waals surface area contributed by atoms with E-state index in [-0.39, 0.29) is 24.2 Å². The van der Waals surface area contributed by atoms with Crippen LogP contribution >= 0.6 is 0 Å². The third-order valence-corrected chi connectivity index (χ3v) is 4.13. The van der Waals surface area contributed by atoms with E-state index in [1.165, 1.54) is 0 Å². The molecule has 2 N–H and O–H groups in total. The van der Waals surface area contributed by atoms with Crippen LogP contribution in [-0.2, 0) is 11.4 Å². The number of furan rings is 1. The molecule has 1 saturated heterocycles. The molecule has 25 heavy (non-hydrogen) atoms. The van der Waals surface area contributed by atoms with Gasteiger partial charge in [0.1, 0.15) is 24.2 Å². The molecule has 0 unspecified atom stereocenters. The second-order valence-electron chi connectivity index (χ2n) is 6.18. The van der Waals surface area contributed by atoms with Gasteiger partial charge >= 0.3 is 0 Å². The van der Waals surface area contributed by atoms with Crippen LogP contribution in [0.25, 0.3) is 0 Å². The van der Waals surface area contributed by atoms with Crippen molar-refractivity contribution in [2.75, 3.05) is 6.54 Å². The fraction of sp³-hybridized carbons (Fsp3) is 0.368. The zero-order valence-electron chi connectivity index (χ0n) is 14.2. The number of rotatable bonds is 5. The molecule has 0 radical (unpaired) electrons. The lowest BCUT2D eigenvalue weighted by Crippen LogP contribution is -2.45. The highest BCUT2D eigenvalue weighted by Gasteiger charge is 2.24. The van der Waals surface area contributed by atoms with Gasteiger partial charge in [0, 0.05) is 6.54 Å². The van der Waals surface area contributed by atoms with Gasteiger partial charge in [0.25, 0.3) is 5.91 Å². The molecule has 1 aliphatic heterocycles. The van der Waals surface area contributed by atoms with E-state index in [4.69, 9.17) is 9.15 Å². The second-order valence-corrected chi connectivity index (χ2v) is 6.18. The van der Waals surface area contributed by atoms with Gasteiger partial charge in [-0.2, -0.15) is 0 Å². The summed E-state index contributed by atoms with van der Waals surface area (Å²) in [6, 6.07) is 10.5. The Balaban J connectivity index is 1.55. The smallest absolute Gasteiger partial charge is 0.287 e. The SMILES string of the molecule is Cc1ccc(OCc2ccc(C(=O)N[C@@H]3CCCCNC3=O)o2)cc1. The lowest BCUT2D eigenvalue weighted by Gasteiger charge is -2.14. The van der Waals surface area contributed by atoms with Crippen molar-refractivity contribution in [3.63, 3.8) is 0 Å². The van der Waals surface area contributed by atoms with Crippen LogP contribution in [0.1, 0.15) is 41.1 Å². The van der Waals surface area contributed by atoms with Crippen molar-refractivity contribution in [2.24, 2.45) is 0 Å². The highest BCUT2D eigenvalue weighted by Crippen LogP contribution is 2.16. The first-order valence-corrected chi connectivity index (χ1v) is 8.48. The summed E-state index contributed by atoms with van der Waals surface area (Å²) in [4.78, 5) is 24.2. The molecule has 0 saturated carbocycles. The minimum atomic E-state index is -0.507. The Morgan fingerprint density at radius 3 is 2.84 bits per heavy atom. The van der Waals surface area contributed by atoms with E-state index in [1.54, 1.807) is 12.1 Å². The number of aryl methyl sites for hydroxylation is 1. The van der Waals surface area contributed by atoms with Gasteiger partial charge in [0.2, 0.25) is 5.91 Å². The number of carbonyl (C=O) groups is 2. The van der Waals surface area contributed by atoms with Crippen molar-refractivity contribution >= 4 is 11.8 Å². The van der Waals surface area contributed by atoms with E-state index in [0.29, 0.717) is 18.7 Å². The molecule has 2 amide bonds. The largest absolute Gasteiger partial charge is 0.486 e. The summed E-state index contributed by atoms with van der Waals surface area (Å²) < 4.78 is 11.2. The normalized spacial score (nSPS) is 17.5. The van der Waals surface area contributed by atoms with Gasteiger partial charge in [-0.05, 0) is 50.5 Å². The van der Waals surface area contributed by atoms with Gasteiger partial charge in [-0.15, -0.1) is 0 Å². The third kappa shape index (κ3) is 4.62. The van der Waals surface area contributed by atoms with Crippen LogP contribution < -0.4 is 15.4 Å². The van der Waals surface area contributed by atoms with Gasteiger partial charge < -0.3 is 19.8 Å². The number of amides is 2. The molecular formula is C19H22N2O4. The molecule has 1 aliphatic rings. The van der Waals surface area contributed by atoms with E-state index >= 15 is 0 Å². The third-order valence-electron chi connectivity index (χ3n) is 4.13. The number of ether oxygens (including phenoxy) is 1. The fourth-order valence-electron chi connectivity index (χ4n) is 2.67. The molecule has 1 fully saturated rings. The van der Waals surface area contributed by atoms with Crippen molar-refractivity contribution in [3.8, 4) is 5.75 Å². The molecule has 2 heterocycles. The van der Waals surface area contributed by atoms with Crippen LogP contribution in [0.3, 0.4) is 0 Å². The molecule has 6 heteroatoms. The van der Waals surface area contributed by atoms with E-state index in [1.807, 2.05) is 31.2 Å². The average Bonchev–Trinajstić information content (AvgIpc) is 3.00. The van der Waals surface area contributed by atoms with Gasteiger partial charge in [0.05, 0.1) is 0 Å². The van der Waals surface area contributed by atoms with E-state index in [2.05, 4.69) is 10.6 Å². The summed E-state index contributed by atoms with van der Waals surface area (Å²) in [5.74, 6) is 0.947. The van der Waals surface area contributed by atoms with Crippen LogP contribution in [0.4, 0.5) is 0 Å². The second kappa shape index (κ2) is 7.88. The Morgan fingerprint density at radius 2 is 2.04 bits per heavy atom. The van der Waals surface area contributed by atoms with Crippen LogP contribution in [0.2, 0.25) is 0 Å². The zero-order chi connectivity index (χ0) is 17.6. The molecule has 0 aliphatic carbocycles. The highest BCUT2D eigenvalue weighted by molar-refractivity contribution is 5.95. The predicted octanol–water partition coefficient (Wildman–Crippen LogP) is 2.57. The summed E-state index contributed by atoms with van der Waals surface area (Å²) in [5.41, 5.74) is 1.16. The molecule has 1 atom stereocenters. The lowest BCUT2D eigenvalue weighted by atomic mass is 10.1. The quantitative estimate of drug-likeness (QED) is 0.875. The zero-order valence-corrected chi connectivity index (χ0v) is 14.2. The lowest BCUT2D eigenvalue weighted by molar-refractivity contribution is -0.122. The molecule has 1 aromatic carbocycles. The van der Waals surface area contributed by atoms with Gasteiger partial charge in [-0.3, -0.25) is 9.59 Å². The van der Waals surface area contributed by atoms with Crippen molar-refractivity contribution in [1.29, 1.82) is 0 Å². The Labute approximate surface area is 146 Å². The monoisotopic (exact) mass is 342 g/mol. The topological polar surface area (TPSA) is 80.6 Å². The maximum Gasteiger partial charge on any atom is 0.287 e. The van der Waals surface area contributed by atoms with Crippen LogP contribution in [0, 0.1) is 6.92 Å². The van der Waals surface area contributed by atoms with E-state index in [0.717, 1.165) is 24.2 Å². The summed E-state index contributed by atoms with van der Waals surface area (Å²) in [6.45, 7) is 2.91. The Kier molecular flexibility index (Phi) is 5.38. The van der Waals surface area contributed by atoms with Crippen LogP contribution in [-0.4, -0.2) is 24.4 Å². The highest BCUT2D eigenvalue weighted by atomic mass is 16.5. The van der Waals surface area contributed by atoms with Crippen molar-refractivity contribution in [3.05, 3.63) is 53.5 Å². The first-order valence-electron chi connectivity index (χ1n) is 8.48. The summed E-state index contributed by atoms with van der Waals surface area (Å²) in [6.07, 6.45) is 2.47. The van der Waals surface area contributed by atoms with Crippen LogP contribution in [0.5, 0.6) is 5.75 Å². The van der Waals surface area contributed by atoms with Crippen molar-refractivity contribution in [1.82, 2.24) is 10.6 Å². The van der Waals surface area contributed by atoms with E-state index in [9.17, 15) is 9.59 Å². The van der Waals surface area contributed by atoms with E-state index < -0.39 is 6.04 Å². The molecule has 6 nitrogen and oxygen atoms in total. The molecule has 0 spiro atoms.